The number of hydrogen-bond donors (Lipinski definition) is 3. The average Bonchev–Trinajstić information content (AvgIpc) is 3.18. The van der Waals surface area contributed by atoms with Crippen LogP contribution in [-0.2, 0) is 16.1 Å². The summed E-state index contributed by atoms with van der Waals surface area (Å²) in [5.41, 5.74) is 0. The smallest absolute Gasteiger partial charge is 0.239 e. The van der Waals surface area contributed by atoms with Crippen LogP contribution in [0.25, 0.3) is 0 Å². The molecule has 1 saturated heterocycles. The largest absolute Gasteiger partial charge is 0.467 e. The van der Waals surface area contributed by atoms with E-state index in [-0.39, 0.29) is 42.5 Å². The Hall–Kier alpha value is -1.29. The molecule has 1 atom stereocenters. The zero-order valence-electron chi connectivity index (χ0n) is 12.6. The monoisotopic (exact) mass is 422 g/mol. The normalized spacial score (nSPS) is 17.7. The lowest BCUT2D eigenvalue weighted by atomic mass is 10.2. The summed E-state index contributed by atoms with van der Waals surface area (Å²) in [6.07, 6.45) is 3.98. The molecular weight excluding hydrogens is 399 g/mol. The van der Waals surface area contributed by atoms with Gasteiger partial charge in [0.25, 0.3) is 0 Å². The van der Waals surface area contributed by atoms with Gasteiger partial charge in [-0.05, 0) is 25.0 Å². The molecule has 22 heavy (non-hydrogen) atoms. The van der Waals surface area contributed by atoms with Gasteiger partial charge >= 0.3 is 0 Å². The summed E-state index contributed by atoms with van der Waals surface area (Å²) >= 11 is 0. The van der Waals surface area contributed by atoms with Crippen LogP contribution in [0.3, 0.4) is 0 Å². The molecule has 0 spiro atoms. The van der Waals surface area contributed by atoms with Crippen molar-refractivity contribution in [1.29, 1.82) is 0 Å². The summed E-state index contributed by atoms with van der Waals surface area (Å²) in [7, 11) is 1.67. The number of furan rings is 1. The van der Waals surface area contributed by atoms with Gasteiger partial charge in [-0.15, -0.1) is 24.0 Å². The van der Waals surface area contributed by atoms with Gasteiger partial charge in [0.05, 0.1) is 25.5 Å². The summed E-state index contributed by atoms with van der Waals surface area (Å²) in [6.45, 7) is 2.07. The van der Waals surface area contributed by atoms with Crippen LogP contribution in [0.1, 0.15) is 18.6 Å². The minimum absolute atomic E-state index is 0. The molecule has 7 nitrogen and oxygen atoms in total. The number of nitrogens with zero attached hydrogens (tertiary/aromatic N) is 1. The molecule has 8 heteroatoms. The Kier molecular flexibility index (Phi) is 8.90. The molecule has 2 heterocycles. The summed E-state index contributed by atoms with van der Waals surface area (Å²) in [5, 5.41) is 8.87. The lowest BCUT2D eigenvalue weighted by Crippen LogP contribution is -2.45. The van der Waals surface area contributed by atoms with Crippen LogP contribution in [0.5, 0.6) is 0 Å². The summed E-state index contributed by atoms with van der Waals surface area (Å²) in [6, 6.07) is 3.60. The second-order valence-corrected chi connectivity index (χ2v) is 4.80. The number of ether oxygens (including phenoxy) is 1. The maximum Gasteiger partial charge on any atom is 0.239 e. The molecule has 1 fully saturated rings. The maximum atomic E-state index is 11.7. The summed E-state index contributed by atoms with van der Waals surface area (Å²) in [4.78, 5) is 15.8. The molecule has 1 aliphatic heterocycles. The third-order valence-corrected chi connectivity index (χ3v) is 3.20. The highest BCUT2D eigenvalue weighted by atomic mass is 127. The number of guanidine groups is 1. The van der Waals surface area contributed by atoms with Gasteiger partial charge in [-0.3, -0.25) is 9.79 Å². The molecule has 0 radical (unpaired) electrons. The standard InChI is InChI=1S/C14H22N4O3.HI/c1-15-14(17-9-12-5-3-7-21-12)18-10-13(19)16-8-11-4-2-6-20-11;/h2,4,6,12H,3,5,7-10H2,1H3,(H,16,19)(H2,15,17,18);1H. The van der Waals surface area contributed by atoms with E-state index in [1.54, 1.807) is 19.4 Å². The molecule has 1 aliphatic rings. The highest BCUT2D eigenvalue weighted by molar-refractivity contribution is 14.0. The highest BCUT2D eigenvalue weighted by Crippen LogP contribution is 2.10. The van der Waals surface area contributed by atoms with Crippen molar-refractivity contribution in [2.24, 2.45) is 4.99 Å². The van der Waals surface area contributed by atoms with Crippen LogP contribution >= 0.6 is 24.0 Å². The first-order valence-electron chi connectivity index (χ1n) is 7.13. The number of carbonyl (C=O) groups is 1. The van der Waals surface area contributed by atoms with Gasteiger partial charge in [-0.2, -0.15) is 0 Å². The van der Waals surface area contributed by atoms with Gasteiger partial charge in [0.2, 0.25) is 5.91 Å². The number of nitrogens with one attached hydrogen (secondary N) is 3. The summed E-state index contributed by atoms with van der Waals surface area (Å²) < 4.78 is 10.7. The molecule has 1 unspecified atom stereocenters. The Morgan fingerprint density at radius 2 is 2.27 bits per heavy atom. The molecule has 0 aliphatic carbocycles. The van der Waals surface area contributed by atoms with Crippen LogP contribution < -0.4 is 16.0 Å². The van der Waals surface area contributed by atoms with Gasteiger partial charge in [-0.25, -0.2) is 0 Å². The fourth-order valence-electron chi connectivity index (χ4n) is 2.06. The topological polar surface area (TPSA) is 87.9 Å². The first kappa shape index (κ1) is 18.8. The van der Waals surface area contributed by atoms with E-state index >= 15 is 0 Å². The van der Waals surface area contributed by atoms with Crippen molar-refractivity contribution in [1.82, 2.24) is 16.0 Å². The van der Waals surface area contributed by atoms with E-state index in [0.717, 1.165) is 25.2 Å². The molecule has 0 aromatic carbocycles. The molecule has 1 aromatic rings. The van der Waals surface area contributed by atoms with Crippen molar-refractivity contribution >= 4 is 35.8 Å². The van der Waals surface area contributed by atoms with E-state index in [0.29, 0.717) is 19.0 Å². The predicted octanol–water partition coefficient (Wildman–Crippen LogP) is 0.858. The van der Waals surface area contributed by atoms with Gasteiger partial charge in [0.1, 0.15) is 5.76 Å². The van der Waals surface area contributed by atoms with Crippen molar-refractivity contribution in [2.75, 3.05) is 26.7 Å². The van der Waals surface area contributed by atoms with Gasteiger partial charge in [0, 0.05) is 20.2 Å². The third kappa shape index (κ3) is 6.65. The second kappa shape index (κ2) is 10.4. The number of aliphatic imine (C=N–C) groups is 1. The van der Waals surface area contributed by atoms with Crippen LogP contribution in [0.2, 0.25) is 0 Å². The fourth-order valence-corrected chi connectivity index (χ4v) is 2.06. The molecule has 1 amide bonds. The quantitative estimate of drug-likeness (QED) is 0.360. The molecule has 124 valence electrons. The molecule has 0 saturated carbocycles. The minimum Gasteiger partial charge on any atom is -0.467 e. The molecule has 1 aromatic heterocycles. The van der Waals surface area contributed by atoms with Crippen LogP contribution in [0.15, 0.2) is 27.8 Å². The Morgan fingerprint density at radius 3 is 2.91 bits per heavy atom. The highest BCUT2D eigenvalue weighted by Gasteiger charge is 2.15. The minimum atomic E-state index is -0.119. The van der Waals surface area contributed by atoms with Crippen LogP contribution in [0.4, 0.5) is 0 Å². The lowest BCUT2D eigenvalue weighted by molar-refractivity contribution is -0.120. The summed E-state index contributed by atoms with van der Waals surface area (Å²) in [5.74, 6) is 1.20. The Morgan fingerprint density at radius 1 is 1.41 bits per heavy atom. The number of amides is 1. The zero-order chi connectivity index (χ0) is 14.9. The third-order valence-electron chi connectivity index (χ3n) is 3.20. The number of halogens is 1. The van der Waals surface area contributed by atoms with Crippen LogP contribution in [0, 0.1) is 0 Å². The fraction of sp³-hybridized carbons (Fsp3) is 0.571. The van der Waals surface area contributed by atoms with E-state index in [1.165, 1.54) is 0 Å². The SMILES string of the molecule is CN=C(NCC(=O)NCc1ccco1)NCC1CCCO1.I. The maximum absolute atomic E-state index is 11.7. The van der Waals surface area contributed by atoms with Crippen molar-refractivity contribution < 1.29 is 13.9 Å². The average molecular weight is 422 g/mol. The van der Waals surface area contributed by atoms with Gasteiger partial charge in [-0.1, -0.05) is 0 Å². The van der Waals surface area contributed by atoms with E-state index in [2.05, 4.69) is 20.9 Å². The van der Waals surface area contributed by atoms with E-state index in [1.807, 2.05) is 6.07 Å². The van der Waals surface area contributed by atoms with Crippen LogP contribution in [-0.4, -0.2) is 44.7 Å². The van der Waals surface area contributed by atoms with E-state index in [4.69, 9.17) is 9.15 Å². The van der Waals surface area contributed by atoms with Gasteiger partial charge < -0.3 is 25.1 Å². The van der Waals surface area contributed by atoms with Crippen molar-refractivity contribution in [3.63, 3.8) is 0 Å². The van der Waals surface area contributed by atoms with E-state index in [9.17, 15) is 4.79 Å². The van der Waals surface area contributed by atoms with Crippen molar-refractivity contribution in [3.8, 4) is 0 Å². The first-order chi connectivity index (χ1) is 10.3. The Bertz CT molecular complexity index is 459. The molecule has 0 bridgehead atoms. The Balaban J connectivity index is 0.00000242. The lowest BCUT2D eigenvalue weighted by Gasteiger charge is -2.14. The molecule has 2 rings (SSSR count). The molecular formula is C14H23IN4O3. The van der Waals surface area contributed by atoms with Crippen molar-refractivity contribution in [2.45, 2.75) is 25.5 Å². The van der Waals surface area contributed by atoms with E-state index < -0.39 is 0 Å². The zero-order valence-corrected chi connectivity index (χ0v) is 15.0. The number of rotatable bonds is 6. The first-order valence-corrected chi connectivity index (χ1v) is 7.13. The molecule has 3 N–H and O–H groups in total. The number of hydrogen-bond acceptors (Lipinski definition) is 4. The predicted molar refractivity (Wildman–Crippen MR) is 94.3 cm³/mol. The van der Waals surface area contributed by atoms with Gasteiger partial charge in [0.15, 0.2) is 5.96 Å². The second-order valence-electron chi connectivity index (χ2n) is 4.80. The van der Waals surface area contributed by atoms with Crippen molar-refractivity contribution in [3.05, 3.63) is 24.2 Å². The number of carbonyl (C=O) groups excluding carboxylic acids is 1. The Labute approximate surface area is 147 Å².